The van der Waals surface area contributed by atoms with Crippen LogP contribution in [0.2, 0.25) is 0 Å². The molecule has 0 atom stereocenters. The predicted octanol–water partition coefficient (Wildman–Crippen LogP) is 3.13. The monoisotopic (exact) mass is 285 g/mol. The summed E-state index contributed by atoms with van der Waals surface area (Å²) in [5.41, 5.74) is 8.81. The Morgan fingerprint density at radius 1 is 1.24 bits per heavy atom. The van der Waals surface area contributed by atoms with E-state index in [0.717, 1.165) is 30.1 Å². The third-order valence-electron chi connectivity index (χ3n) is 3.23. The van der Waals surface area contributed by atoms with Gasteiger partial charge in [0.25, 0.3) is 0 Å². The first-order valence-corrected chi connectivity index (χ1v) is 7.23. The molecule has 1 heterocycles. The molecule has 1 aromatic heterocycles. The number of hydrogen-bond donors (Lipinski definition) is 1. The quantitative estimate of drug-likeness (QED) is 0.828. The van der Waals surface area contributed by atoms with Gasteiger partial charge < -0.3 is 15.4 Å². The van der Waals surface area contributed by atoms with Gasteiger partial charge in [0.05, 0.1) is 11.8 Å². The maximum atomic E-state index is 5.95. The van der Waals surface area contributed by atoms with Crippen LogP contribution in [0, 0.1) is 0 Å². The molecule has 4 nitrogen and oxygen atoms in total. The van der Waals surface area contributed by atoms with Crippen molar-refractivity contribution in [1.82, 2.24) is 4.98 Å². The zero-order valence-electron chi connectivity index (χ0n) is 12.9. The number of nitrogen functional groups attached to an aromatic ring is 1. The van der Waals surface area contributed by atoms with Gasteiger partial charge in [0.15, 0.2) is 0 Å². The summed E-state index contributed by atoms with van der Waals surface area (Å²) in [7, 11) is 2.06. The van der Waals surface area contributed by atoms with Crippen molar-refractivity contribution in [3.63, 3.8) is 0 Å². The molecule has 112 valence electrons. The third-order valence-corrected chi connectivity index (χ3v) is 3.23. The van der Waals surface area contributed by atoms with Gasteiger partial charge >= 0.3 is 0 Å². The van der Waals surface area contributed by atoms with E-state index in [-0.39, 0.29) is 6.10 Å². The van der Waals surface area contributed by atoms with Gasteiger partial charge in [0.1, 0.15) is 5.75 Å². The Kier molecular flexibility index (Phi) is 5.04. The molecular formula is C17H23N3O. The Labute approximate surface area is 126 Å². The molecular weight excluding hydrogens is 262 g/mol. The maximum Gasteiger partial charge on any atom is 0.144 e. The van der Waals surface area contributed by atoms with E-state index in [1.165, 1.54) is 0 Å². The summed E-state index contributed by atoms with van der Waals surface area (Å²) in [5, 5.41) is 0. The highest BCUT2D eigenvalue weighted by Crippen LogP contribution is 2.28. The second kappa shape index (κ2) is 6.97. The summed E-state index contributed by atoms with van der Waals surface area (Å²) in [6.07, 6.45) is 2.84. The van der Waals surface area contributed by atoms with Gasteiger partial charge in [-0.05, 0) is 38.1 Å². The van der Waals surface area contributed by atoms with E-state index in [2.05, 4.69) is 16.9 Å². The maximum absolute atomic E-state index is 5.95. The predicted molar refractivity (Wildman–Crippen MR) is 87.8 cm³/mol. The van der Waals surface area contributed by atoms with E-state index in [1.54, 1.807) is 0 Å². The smallest absolute Gasteiger partial charge is 0.144 e. The number of anilines is 2. The van der Waals surface area contributed by atoms with Crippen molar-refractivity contribution in [2.24, 2.45) is 0 Å². The number of nitrogens with two attached hydrogens (primary N) is 1. The highest BCUT2D eigenvalue weighted by Gasteiger charge is 2.08. The topological polar surface area (TPSA) is 51.4 Å². The molecule has 0 aliphatic heterocycles. The molecule has 2 rings (SSSR count). The van der Waals surface area contributed by atoms with Crippen LogP contribution in [0.1, 0.15) is 19.5 Å². The Morgan fingerprint density at radius 2 is 2.05 bits per heavy atom. The lowest BCUT2D eigenvalue weighted by molar-refractivity contribution is 0.244. The molecule has 0 aliphatic rings. The Morgan fingerprint density at radius 3 is 2.71 bits per heavy atom. The molecule has 0 spiro atoms. The highest BCUT2D eigenvalue weighted by atomic mass is 16.5. The van der Waals surface area contributed by atoms with Gasteiger partial charge in [-0.1, -0.05) is 6.07 Å². The molecule has 0 saturated heterocycles. The van der Waals surface area contributed by atoms with Crippen LogP contribution < -0.4 is 15.4 Å². The summed E-state index contributed by atoms with van der Waals surface area (Å²) >= 11 is 0. The van der Waals surface area contributed by atoms with Gasteiger partial charge in [-0.15, -0.1) is 0 Å². The van der Waals surface area contributed by atoms with Crippen LogP contribution in [0.3, 0.4) is 0 Å². The van der Waals surface area contributed by atoms with Crippen LogP contribution in [0.15, 0.2) is 42.6 Å². The molecule has 2 N–H and O–H groups in total. The first kappa shape index (κ1) is 15.2. The number of benzene rings is 1. The summed E-state index contributed by atoms with van der Waals surface area (Å²) in [5.74, 6) is 0.743. The molecule has 21 heavy (non-hydrogen) atoms. The summed E-state index contributed by atoms with van der Waals surface area (Å²) in [6.45, 7) is 4.88. The lowest BCUT2D eigenvalue weighted by Crippen LogP contribution is -2.21. The fourth-order valence-electron chi connectivity index (χ4n) is 2.07. The minimum Gasteiger partial charge on any atom is -0.489 e. The zero-order valence-corrected chi connectivity index (χ0v) is 12.9. The van der Waals surface area contributed by atoms with E-state index in [9.17, 15) is 0 Å². The van der Waals surface area contributed by atoms with Gasteiger partial charge in [-0.2, -0.15) is 0 Å². The molecule has 0 amide bonds. The number of likely N-dealkylation sites (N-methyl/N-ethyl adjacent to an activating group) is 1. The first-order chi connectivity index (χ1) is 10.1. The molecule has 4 heteroatoms. The summed E-state index contributed by atoms with van der Waals surface area (Å²) < 4.78 is 5.73. The second-order valence-corrected chi connectivity index (χ2v) is 5.38. The van der Waals surface area contributed by atoms with Gasteiger partial charge in [-0.3, -0.25) is 4.98 Å². The fourth-order valence-corrected chi connectivity index (χ4v) is 2.07. The number of ether oxygens (including phenoxy) is 1. The van der Waals surface area contributed by atoms with Crippen molar-refractivity contribution < 1.29 is 4.74 Å². The SMILES string of the molecule is CC(C)Oc1cc(N(C)CCc2ccccn2)ccc1N. The van der Waals surface area contributed by atoms with E-state index >= 15 is 0 Å². The molecule has 0 fully saturated rings. The highest BCUT2D eigenvalue weighted by molar-refractivity contribution is 5.62. The normalized spacial score (nSPS) is 10.7. The van der Waals surface area contributed by atoms with Crippen LogP contribution >= 0.6 is 0 Å². The van der Waals surface area contributed by atoms with Crippen LogP contribution in [0.25, 0.3) is 0 Å². The number of aromatic nitrogens is 1. The lowest BCUT2D eigenvalue weighted by Gasteiger charge is -2.21. The lowest BCUT2D eigenvalue weighted by atomic mass is 10.2. The Hall–Kier alpha value is -2.23. The van der Waals surface area contributed by atoms with Crippen molar-refractivity contribution in [3.05, 3.63) is 48.3 Å². The van der Waals surface area contributed by atoms with E-state index < -0.39 is 0 Å². The molecule has 1 aromatic carbocycles. The third kappa shape index (κ3) is 4.38. The summed E-state index contributed by atoms with van der Waals surface area (Å²) in [6, 6.07) is 11.9. The van der Waals surface area contributed by atoms with Gasteiger partial charge in [0.2, 0.25) is 0 Å². The van der Waals surface area contributed by atoms with E-state index in [4.69, 9.17) is 10.5 Å². The number of hydrogen-bond acceptors (Lipinski definition) is 4. The number of pyridine rings is 1. The Balaban J connectivity index is 2.03. The molecule has 0 saturated carbocycles. The zero-order chi connectivity index (χ0) is 15.2. The van der Waals surface area contributed by atoms with Crippen molar-refractivity contribution in [2.75, 3.05) is 24.2 Å². The average Bonchev–Trinajstić information content (AvgIpc) is 2.47. The van der Waals surface area contributed by atoms with Crippen molar-refractivity contribution in [2.45, 2.75) is 26.4 Å². The second-order valence-electron chi connectivity index (χ2n) is 5.38. The Bertz CT molecular complexity index is 570. The van der Waals surface area contributed by atoms with Crippen LogP contribution in [0.4, 0.5) is 11.4 Å². The van der Waals surface area contributed by atoms with Crippen molar-refractivity contribution >= 4 is 11.4 Å². The molecule has 2 aromatic rings. The van der Waals surface area contributed by atoms with Crippen LogP contribution in [-0.4, -0.2) is 24.7 Å². The fraction of sp³-hybridized carbons (Fsp3) is 0.353. The molecule has 0 aliphatic carbocycles. The van der Waals surface area contributed by atoms with Crippen LogP contribution in [0.5, 0.6) is 5.75 Å². The van der Waals surface area contributed by atoms with Gasteiger partial charge in [0, 0.05) is 43.7 Å². The standard InChI is InChI=1S/C17H23N3O/c1-13(2)21-17-12-15(7-8-16(17)18)20(3)11-9-14-6-4-5-10-19-14/h4-8,10,12-13H,9,11,18H2,1-3H3. The average molecular weight is 285 g/mol. The molecule has 0 bridgehead atoms. The minimum atomic E-state index is 0.112. The first-order valence-electron chi connectivity index (χ1n) is 7.23. The van der Waals surface area contributed by atoms with Crippen molar-refractivity contribution in [1.29, 1.82) is 0 Å². The molecule has 0 unspecified atom stereocenters. The van der Waals surface area contributed by atoms with Crippen LogP contribution in [-0.2, 0) is 6.42 Å². The largest absolute Gasteiger partial charge is 0.489 e. The molecule has 0 radical (unpaired) electrons. The van der Waals surface area contributed by atoms with E-state index in [0.29, 0.717) is 5.69 Å². The summed E-state index contributed by atoms with van der Waals surface area (Å²) in [4.78, 5) is 6.53. The number of nitrogens with zero attached hydrogens (tertiary/aromatic N) is 2. The van der Waals surface area contributed by atoms with Crippen molar-refractivity contribution in [3.8, 4) is 5.75 Å². The van der Waals surface area contributed by atoms with Gasteiger partial charge in [-0.25, -0.2) is 0 Å². The number of rotatable bonds is 6. The van der Waals surface area contributed by atoms with E-state index in [1.807, 2.05) is 56.4 Å². The minimum absolute atomic E-state index is 0.112.